The third kappa shape index (κ3) is 1.75. The average molecular weight is 521 g/mol. The van der Waals surface area contributed by atoms with Crippen LogP contribution in [0, 0.1) is 17.3 Å². The molecular formula is C24H30IN2O3-. The molecule has 7 unspecified atom stereocenters. The SMILES string of the molecule is COc1ccc2c(c1)C13CCN(C(=O)OC(C)(C)C)C(C2)C12CC14[I-]NC(CC12)C43. The predicted octanol–water partition coefficient (Wildman–Crippen LogP) is 0.253. The van der Waals surface area contributed by atoms with Gasteiger partial charge in [-0.2, -0.15) is 0 Å². The molecular weight excluding hydrogens is 491 g/mol. The van der Waals surface area contributed by atoms with Crippen molar-refractivity contribution >= 4 is 6.09 Å². The number of carbonyl (C=O) groups is 1. The van der Waals surface area contributed by atoms with Crippen molar-refractivity contribution in [3.63, 3.8) is 0 Å². The Hall–Kier alpha value is -1.02. The van der Waals surface area contributed by atoms with Crippen LogP contribution < -0.4 is 29.7 Å². The van der Waals surface area contributed by atoms with Gasteiger partial charge in [-0.25, -0.2) is 0 Å². The number of halogens is 1. The second kappa shape index (κ2) is 5.30. The molecule has 6 aliphatic rings. The quantitative estimate of drug-likeness (QED) is 0.327. The van der Waals surface area contributed by atoms with Gasteiger partial charge in [-0.1, -0.05) is 0 Å². The first-order valence-corrected chi connectivity index (χ1v) is 13.5. The Morgan fingerprint density at radius 3 is 2.93 bits per heavy atom. The zero-order chi connectivity index (χ0) is 20.7. The van der Waals surface area contributed by atoms with Gasteiger partial charge in [-0.3, -0.25) is 0 Å². The number of piperidine rings is 1. The molecule has 6 heteroatoms. The second-order valence-corrected chi connectivity index (χ2v) is 14.5. The van der Waals surface area contributed by atoms with Crippen LogP contribution >= 0.6 is 0 Å². The Morgan fingerprint density at radius 1 is 1.33 bits per heavy atom. The Bertz CT molecular complexity index is 991. The number of amides is 1. The van der Waals surface area contributed by atoms with E-state index >= 15 is 0 Å². The summed E-state index contributed by atoms with van der Waals surface area (Å²) in [6.45, 7) is 6.75. The first kappa shape index (κ1) is 18.5. The standard InChI is InChI=1S/C24H30IN2O3/c1-21(2,3)30-20(28)27-8-7-22-15-10-14(29-4)6-5-13(15)9-18(27)23(22)12-24-17(23)11-16(19(22)24)26-25-24/h5-6,10,16-19,26H,7-9,11-12H2,1-4H3/q-1. The summed E-state index contributed by atoms with van der Waals surface area (Å²) in [7, 11) is 1.78. The molecule has 3 saturated carbocycles. The van der Waals surface area contributed by atoms with Crippen molar-refractivity contribution in [3.8, 4) is 5.75 Å². The molecule has 1 N–H and O–H groups in total. The van der Waals surface area contributed by atoms with E-state index < -0.39 is 5.60 Å². The fraction of sp³-hybridized carbons (Fsp3) is 0.708. The van der Waals surface area contributed by atoms with Gasteiger partial charge in [-0.05, 0) is 0 Å². The van der Waals surface area contributed by atoms with Gasteiger partial charge in [0.05, 0.1) is 0 Å². The third-order valence-corrected chi connectivity index (χ3v) is 13.4. The summed E-state index contributed by atoms with van der Waals surface area (Å²) in [5.74, 6) is 2.54. The van der Waals surface area contributed by atoms with Gasteiger partial charge < -0.3 is 0 Å². The average Bonchev–Trinajstić information content (AvgIpc) is 3.32. The number of nitrogens with zero attached hydrogens (tertiary/aromatic N) is 1. The first-order chi connectivity index (χ1) is 14.3. The number of hydrogen-bond donors (Lipinski definition) is 1. The van der Waals surface area contributed by atoms with E-state index in [0.717, 1.165) is 37.0 Å². The van der Waals surface area contributed by atoms with E-state index in [-0.39, 0.29) is 44.4 Å². The van der Waals surface area contributed by atoms with E-state index in [1.807, 2.05) is 20.8 Å². The molecule has 7 atom stereocenters. The van der Waals surface area contributed by atoms with E-state index in [2.05, 4.69) is 26.6 Å². The van der Waals surface area contributed by atoms with Crippen molar-refractivity contribution in [3.05, 3.63) is 29.3 Å². The molecule has 7 bridgehead atoms. The van der Waals surface area contributed by atoms with E-state index in [4.69, 9.17) is 9.47 Å². The van der Waals surface area contributed by atoms with Crippen LogP contribution in [0.4, 0.5) is 4.79 Å². The van der Waals surface area contributed by atoms with Crippen LogP contribution in [0.3, 0.4) is 0 Å². The normalized spacial score (nSPS) is 46.5. The molecule has 2 spiro atoms. The van der Waals surface area contributed by atoms with Crippen LogP contribution in [-0.2, 0) is 16.6 Å². The van der Waals surface area contributed by atoms with Crippen molar-refractivity contribution in [2.24, 2.45) is 17.3 Å². The summed E-state index contributed by atoms with van der Waals surface area (Å²) < 4.78 is 16.1. The monoisotopic (exact) mass is 521 g/mol. The molecule has 7 rings (SSSR count). The Labute approximate surface area is 188 Å². The van der Waals surface area contributed by atoms with Crippen LogP contribution in [-0.4, -0.2) is 45.8 Å². The third-order valence-electron chi connectivity index (χ3n) is 9.46. The number of benzene rings is 1. The summed E-state index contributed by atoms with van der Waals surface area (Å²) in [6.07, 6.45) is 4.59. The summed E-state index contributed by atoms with van der Waals surface area (Å²) >= 11 is 0.0451. The van der Waals surface area contributed by atoms with Crippen molar-refractivity contribution in [2.75, 3.05) is 13.7 Å². The van der Waals surface area contributed by atoms with Crippen molar-refractivity contribution < 1.29 is 35.7 Å². The van der Waals surface area contributed by atoms with E-state index in [9.17, 15) is 4.79 Å². The van der Waals surface area contributed by atoms with Gasteiger partial charge in [0.15, 0.2) is 0 Å². The van der Waals surface area contributed by atoms with Crippen LogP contribution in [0.15, 0.2) is 18.2 Å². The molecule has 2 heterocycles. The van der Waals surface area contributed by atoms with Gasteiger partial charge in [0, 0.05) is 0 Å². The number of likely N-dealkylation sites (tertiary alicyclic amines) is 1. The fourth-order valence-corrected chi connectivity index (χ4v) is 13.9. The Balaban J connectivity index is 1.41. The number of methoxy groups -OCH3 is 1. The van der Waals surface area contributed by atoms with Crippen LogP contribution in [0.2, 0.25) is 0 Å². The zero-order valence-corrected chi connectivity index (χ0v) is 20.3. The van der Waals surface area contributed by atoms with Crippen LogP contribution in [0.5, 0.6) is 5.75 Å². The molecule has 4 aliphatic carbocycles. The molecule has 1 aromatic rings. The summed E-state index contributed by atoms with van der Waals surface area (Å²) in [4.78, 5) is 15.5. The number of rotatable bonds is 1. The maximum atomic E-state index is 13.3. The molecule has 1 amide bonds. The van der Waals surface area contributed by atoms with Crippen molar-refractivity contribution in [2.45, 2.75) is 73.0 Å². The van der Waals surface area contributed by atoms with Gasteiger partial charge in [0.1, 0.15) is 0 Å². The minimum absolute atomic E-state index is 0.0451. The van der Waals surface area contributed by atoms with Gasteiger partial charge in [0.2, 0.25) is 0 Å². The van der Waals surface area contributed by atoms with E-state index in [1.54, 1.807) is 12.7 Å². The zero-order valence-electron chi connectivity index (χ0n) is 18.1. The van der Waals surface area contributed by atoms with E-state index in [0.29, 0.717) is 9.46 Å². The summed E-state index contributed by atoms with van der Waals surface area (Å²) in [5.41, 5.74) is 3.02. The number of ether oxygens (including phenoxy) is 2. The number of fused-ring (bicyclic) bond motifs is 1. The predicted molar refractivity (Wildman–Crippen MR) is 108 cm³/mol. The molecule has 2 aliphatic heterocycles. The van der Waals surface area contributed by atoms with Gasteiger partial charge in [-0.15, -0.1) is 0 Å². The molecule has 5 nitrogen and oxygen atoms in total. The van der Waals surface area contributed by atoms with Crippen molar-refractivity contribution in [1.82, 2.24) is 8.43 Å². The number of alkyl halides is 1. The summed E-state index contributed by atoms with van der Waals surface area (Å²) in [5, 5.41) is 0. The first-order valence-electron chi connectivity index (χ1n) is 11.3. The van der Waals surface area contributed by atoms with Gasteiger partial charge in [0.25, 0.3) is 0 Å². The van der Waals surface area contributed by atoms with Crippen LogP contribution in [0.1, 0.15) is 51.2 Å². The molecule has 5 fully saturated rings. The van der Waals surface area contributed by atoms with Crippen LogP contribution in [0.25, 0.3) is 0 Å². The molecule has 162 valence electrons. The summed E-state index contributed by atoms with van der Waals surface area (Å²) in [6, 6.07) is 7.73. The Kier molecular flexibility index (Phi) is 3.28. The Morgan fingerprint density at radius 2 is 2.17 bits per heavy atom. The minimum atomic E-state index is -0.451. The molecule has 0 radical (unpaired) electrons. The topological polar surface area (TPSA) is 50.8 Å². The molecule has 30 heavy (non-hydrogen) atoms. The number of nitrogens with one attached hydrogen (secondary N) is 1. The second-order valence-electron chi connectivity index (χ2n) is 11.4. The van der Waals surface area contributed by atoms with Crippen molar-refractivity contribution in [1.29, 1.82) is 0 Å². The van der Waals surface area contributed by atoms with E-state index in [1.165, 1.54) is 18.4 Å². The number of carbonyl (C=O) groups excluding carboxylic acids is 1. The molecule has 2 saturated heterocycles. The molecule has 1 aromatic carbocycles. The number of hydrogen-bond acceptors (Lipinski definition) is 4. The van der Waals surface area contributed by atoms with Gasteiger partial charge >= 0.3 is 189 Å². The molecule has 0 aromatic heterocycles. The maximum absolute atomic E-state index is 13.3. The fourth-order valence-electron chi connectivity index (χ4n) is 9.03.